The molecule has 0 unspecified atom stereocenters. The number of aromatic amines is 1. The van der Waals surface area contributed by atoms with Crippen LogP contribution in [0.15, 0.2) is 18.2 Å². The van der Waals surface area contributed by atoms with Crippen molar-refractivity contribution in [3.8, 4) is 0 Å². The number of amides is 1. The van der Waals surface area contributed by atoms with Crippen molar-refractivity contribution in [2.75, 3.05) is 26.2 Å². The number of carbonyl (C=O) groups is 1. The predicted molar refractivity (Wildman–Crippen MR) is 84.4 cm³/mol. The third kappa shape index (κ3) is 4.27. The number of fused-ring (bicyclic) bond motifs is 1. The second-order valence-electron chi connectivity index (χ2n) is 5.98. The molecular weight excluding hydrogens is 299 g/mol. The van der Waals surface area contributed by atoms with Crippen molar-refractivity contribution in [2.45, 2.75) is 25.4 Å². The molecule has 1 amide bonds. The molecule has 0 radical (unpaired) electrons. The highest BCUT2D eigenvalue weighted by Gasteiger charge is 2.19. The van der Waals surface area contributed by atoms with Gasteiger partial charge in [-0.1, -0.05) is 0 Å². The minimum Gasteiger partial charge on any atom is -0.392 e. The fraction of sp³-hybridized carbons (Fsp3) is 0.500. The fourth-order valence-electron chi connectivity index (χ4n) is 2.91. The molecule has 0 aliphatic carbocycles. The highest BCUT2D eigenvalue weighted by molar-refractivity contribution is 5.78. The van der Waals surface area contributed by atoms with Crippen molar-refractivity contribution in [1.82, 2.24) is 20.2 Å². The first-order valence-electron chi connectivity index (χ1n) is 7.91. The molecule has 1 aromatic carbocycles. The number of hydrogen-bond acceptors (Lipinski definition) is 4. The van der Waals surface area contributed by atoms with E-state index in [9.17, 15) is 14.3 Å². The summed E-state index contributed by atoms with van der Waals surface area (Å²) in [5.74, 6) is 0.366. The van der Waals surface area contributed by atoms with Gasteiger partial charge in [0.25, 0.3) is 0 Å². The van der Waals surface area contributed by atoms with Crippen LogP contribution in [0.3, 0.4) is 0 Å². The molecule has 1 saturated heterocycles. The van der Waals surface area contributed by atoms with Crippen LogP contribution in [0.25, 0.3) is 11.0 Å². The molecule has 1 aliphatic rings. The second kappa shape index (κ2) is 7.06. The number of H-pyrrole nitrogens is 1. The summed E-state index contributed by atoms with van der Waals surface area (Å²) in [6.07, 6.45) is 1.96. The number of hydrogen-bond donors (Lipinski definition) is 3. The van der Waals surface area contributed by atoms with E-state index in [1.165, 1.54) is 12.1 Å². The first kappa shape index (κ1) is 15.9. The average molecular weight is 320 g/mol. The van der Waals surface area contributed by atoms with Gasteiger partial charge in [-0.05, 0) is 37.6 Å². The summed E-state index contributed by atoms with van der Waals surface area (Å²) >= 11 is 0. The molecule has 7 heteroatoms. The zero-order valence-corrected chi connectivity index (χ0v) is 12.9. The number of halogens is 1. The molecule has 0 spiro atoms. The van der Waals surface area contributed by atoms with Crippen molar-refractivity contribution < 1.29 is 14.3 Å². The lowest BCUT2D eigenvalue weighted by atomic mass is 10.1. The van der Waals surface area contributed by atoms with E-state index in [-0.39, 0.29) is 17.8 Å². The number of aliphatic hydroxyl groups excluding tert-OH is 1. The number of benzene rings is 1. The number of piperidine rings is 1. The van der Waals surface area contributed by atoms with Gasteiger partial charge in [0.05, 0.1) is 23.7 Å². The summed E-state index contributed by atoms with van der Waals surface area (Å²) in [6.45, 7) is 2.18. The van der Waals surface area contributed by atoms with Crippen molar-refractivity contribution in [2.24, 2.45) is 0 Å². The van der Waals surface area contributed by atoms with Gasteiger partial charge in [0, 0.05) is 19.5 Å². The number of nitrogens with one attached hydrogen (secondary N) is 2. The van der Waals surface area contributed by atoms with Crippen LogP contribution in [-0.4, -0.2) is 58.2 Å². The van der Waals surface area contributed by atoms with E-state index in [4.69, 9.17) is 0 Å². The highest BCUT2D eigenvalue weighted by Crippen LogP contribution is 2.13. The number of nitrogens with zero attached hydrogens (tertiary/aromatic N) is 2. The van der Waals surface area contributed by atoms with E-state index in [0.717, 1.165) is 30.7 Å². The van der Waals surface area contributed by atoms with Crippen molar-refractivity contribution in [3.63, 3.8) is 0 Å². The highest BCUT2D eigenvalue weighted by atomic mass is 19.1. The normalized spacial score (nSPS) is 19.1. The minimum absolute atomic E-state index is 0.0544. The Bertz CT molecular complexity index is 688. The largest absolute Gasteiger partial charge is 0.392 e. The third-order valence-corrected chi connectivity index (χ3v) is 4.02. The van der Waals surface area contributed by atoms with Crippen LogP contribution < -0.4 is 5.32 Å². The molecular formula is C16H21FN4O2. The lowest BCUT2D eigenvalue weighted by Gasteiger charge is -2.29. The number of carbonyl (C=O) groups excluding carboxylic acids is 1. The topological polar surface area (TPSA) is 81.2 Å². The van der Waals surface area contributed by atoms with E-state index < -0.39 is 0 Å². The van der Waals surface area contributed by atoms with Gasteiger partial charge in [-0.25, -0.2) is 9.37 Å². The van der Waals surface area contributed by atoms with Crippen LogP contribution in [0.1, 0.15) is 18.7 Å². The van der Waals surface area contributed by atoms with Crippen molar-refractivity contribution in [3.05, 3.63) is 29.8 Å². The van der Waals surface area contributed by atoms with Gasteiger partial charge in [-0.3, -0.25) is 9.69 Å². The van der Waals surface area contributed by atoms with Crippen LogP contribution in [0.5, 0.6) is 0 Å². The number of likely N-dealkylation sites (tertiary alicyclic amines) is 1. The van der Waals surface area contributed by atoms with E-state index in [0.29, 0.717) is 31.6 Å². The maximum absolute atomic E-state index is 13.1. The smallest absolute Gasteiger partial charge is 0.234 e. The minimum atomic E-state index is -0.326. The summed E-state index contributed by atoms with van der Waals surface area (Å²) in [4.78, 5) is 21.3. The Morgan fingerprint density at radius 2 is 2.39 bits per heavy atom. The van der Waals surface area contributed by atoms with Gasteiger partial charge in [-0.15, -0.1) is 0 Å². The maximum Gasteiger partial charge on any atom is 0.234 e. The van der Waals surface area contributed by atoms with Crippen LogP contribution in [0.4, 0.5) is 4.39 Å². The number of rotatable bonds is 5. The molecule has 3 N–H and O–H groups in total. The number of β-amino-alcohol motifs (C(OH)–C–C–N with tert-alkyl or cyclic N) is 1. The fourth-order valence-corrected chi connectivity index (χ4v) is 2.91. The molecule has 1 atom stereocenters. The molecule has 6 nitrogen and oxygen atoms in total. The molecule has 1 aromatic heterocycles. The van der Waals surface area contributed by atoms with Gasteiger partial charge in [0.1, 0.15) is 11.6 Å². The summed E-state index contributed by atoms with van der Waals surface area (Å²) in [5, 5.41) is 12.4. The quantitative estimate of drug-likeness (QED) is 0.762. The predicted octanol–water partition coefficient (Wildman–Crippen LogP) is 0.817. The zero-order valence-electron chi connectivity index (χ0n) is 12.9. The Balaban J connectivity index is 1.45. The van der Waals surface area contributed by atoms with Crippen LogP contribution >= 0.6 is 0 Å². The lowest BCUT2D eigenvalue weighted by molar-refractivity contribution is -0.122. The van der Waals surface area contributed by atoms with Gasteiger partial charge in [0.15, 0.2) is 0 Å². The van der Waals surface area contributed by atoms with E-state index in [2.05, 4.69) is 15.3 Å². The first-order chi connectivity index (χ1) is 11.1. The summed E-state index contributed by atoms with van der Waals surface area (Å²) in [6, 6.07) is 4.42. The Hall–Kier alpha value is -1.99. The summed E-state index contributed by atoms with van der Waals surface area (Å²) in [5.41, 5.74) is 1.38. The van der Waals surface area contributed by atoms with E-state index in [1.807, 2.05) is 4.90 Å². The molecule has 23 heavy (non-hydrogen) atoms. The zero-order chi connectivity index (χ0) is 16.2. The average Bonchev–Trinajstić information content (AvgIpc) is 2.89. The van der Waals surface area contributed by atoms with Crippen LogP contribution in [0, 0.1) is 5.82 Å². The Labute approximate surface area is 133 Å². The Kier molecular flexibility index (Phi) is 4.88. The number of aromatic nitrogens is 2. The molecule has 0 bridgehead atoms. The summed E-state index contributed by atoms with van der Waals surface area (Å²) < 4.78 is 13.1. The third-order valence-electron chi connectivity index (χ3n) is 4.02. The first-order valence-corrected chi connectivity index (χ1v) is 7.91. The second-order valence-corrected chi connectivity index (χ2v) is 5.98. The van der Waals surface area contributed by atoms with Gasteiger partial charge in [-0.2, -0.15) is 0 Å². The van der Waals surface area contributed by atoms with Crippen LogP contribution in [-0.2, 0) is 11.2 Å². The molecule has 0 saturated carbocycles. The van der Waals surface area contributed by atoms with Crippen molar-refractivity contribution >= 4 is 16.9 Å². The Morgan fingerprint density at radius 3 is 3.22 bits per heavy atom. The van der Waals surface area contributed by atoms with Crippen molar-refractivity contribution in [1.29, 1.82) is 0 Å². The van der Waals surface area contributed by atoms with Gasteiger partial charge < -0.3 is 15.4 Å². The van der Waals surface area contributed by atoms with Crippen LogP contribution in [0.2, 0.25) is 0 Å². The van der Waals surface area contributed by atoms with Gasteiger partial charge >= 0.3 is 0 Å². The molecule has 2 aromatic rings. The Morgan fingerprint density at radius 1 is 1.52 bits per heavy atom. The standard InChI is InChI=1S/C16H21FN4O2/c17-11-3-4-13-14(8-11)20-15(19-13)5-6-18-16(23)10-21-7-1-2-12(22)9-21/h3-4,8,12,22H,1-2,5-7,9-10H2,(H,18,23)(H,19,20)/t12-/m1/s1. The maximum atomic E-state index is 13.1. The van der Waals surface area contributed by atoms with Gasteiger partial charge in [0.2, 0.25) is 5.91 Å². The van der Waals surface area contributed by atoms with E-state index >= 15 is 0 Å². The molecule has 1 fully saturated rings. The van der Waals surface area contributed by atoms with E-state index in [1.54, 1.807) is 6.07 Å². The number of aliphatic hydroxyl groups is 1. The summed E-state index contributed by atoms with van der Waals surface area (Å²) in [7, 11) is 0. The molecule has 2 heterocycles. The lowest BCUT2D eigenvalue weighted by Crippen LogP contribution is -2.44. The monoisotopic (exact) mass is 320 g/mol. The SMILES string of the molecule is O=C(CN1CCC[C@@H](O)C1)NCCc1nc2ccc(F)cc2[nH]1. The number of imidazole rings is 1. The molecule has 3 rings (SSSR count). The molecule has 124 valence electrons. The molecule has 1 aliphatic heterocycles.